The average Bonchev–Trinajstić information content (AvgIpc) is 2.78. The van der Waals surface area contributed by atoms with Gasteiger partial charge in [0.1, 0.15) is 0 Å². The smallest absolute Gasteiger partial charge is 0.262 e. The number of pyridine rings is 1. The summed E-state index contributed by atoms with van der Waals surface area (Å²) in [5.74, 6) is 0.578. The Bertz CT molecular complexity index is 1320. The molecule has 0 fully saturated rings. The Morgan fingerprint density at radius 1 is 0.967 bits per heavy atom. The van der Waals surface area contributed by atoms with Gasteiger partial charge in [0.2, 0.25) is 5.95 Å². The highest BCUT2D eigenvalue weighted by atomic mass is 16.1. The second-order valence-electron chi connectivity index (χ2n) is 7.62. The van der Waals surface area contributed by atoms with E-state index < -0.39 is 0 Å². The highest BCUT2D eigenvalue weighted by molar-refractivity contribution is 5.88. The average molecular weight is 394 g/mol. The molecule has 2 aromatic heterocycles. The van der Waals surface area contributed by atoms with Gasteiger partial charge in [-0.1, -0.05) is 60.7 Å². The molecule has 0 aliphatic carbocycles. The van der Waals surface area contributed by atoms with E-state index in [1.165, 1.54) is 16.7 Å². The van der Waals surface area contributed by atoms with Crippen molar-refractivity contribution in [1.82, 2.24) is 15.0 Å². The van der Waals surface area contributed by atoms with Crippen LogP contribution in [0.5, 0.6) is 0 Å². The molecule has 0 saturated carbocycles. The largest absolute Gasteiger partial charge is 0.338 e. The lowest BCUT2D eigenvalue weighted by Gasteiger charge is -2.29. The lowest BCUT2D eigenvalue weighted by Crippen LogP contribution is -2.33. The summed E-state index contributed by atoms with van der Waals surface area (Å²) in [6, 6.07) is 18.4. The van der Waals surface area contributed by atoms with Crippen LogP contribution in [-0.2, 0) is 13.0 Å². The van der Waals surface area contributed by atoms with Crippen LogP contribution in [0.25, 0.3) is 23.2 Å². The summed E-state index contributed by atoms with van der Waals surface area (Å²) in [7, 11) is 0. The second-order valence-corrected chi connectivity index (χ2v) is 7.62. The number of fused-ring (bicyclic) bond motifs is 2. The van der Waals surface area contributed by atoms with Crippen molar-refractivity contribution in [3.8, 4) is 0 Å². The van der Waals surface area contributed by atoms with E-state index in [1.807, 2.05) is 36.4 Å². The molecule has 148 valence electrons. The van der Waals surface area contributed by atoms with Crippen LogP contribution in [-0.4, -0.2) is 21.5 Å². The molecule has 1 aliphatic heterocycles. The van der Waals surface area contributed by atoms with Gasteiger partial charge in [0.15, 0.2) is 5.65 Å². The summed E-state index contributed by atoms with van der Waals surface area (Å²) >= 11 is 0. The number of aromatic nitrogens is 3. The van der Waals surface area contributed by atoms with Crippen LogP contribution in [0, 0.1) is 6.92 Å². The predicted octanol–water partition coefficient (Wildman–Crippen LogP) is 4.36. The molecule has 5 rings (SSSR count). The first kappa shape index (κ1) is 18.3. The first-order chi connectivity index (χ1) is 14.7. The Hall–Kier alpha value is -3.73. The number of hydrogen-bond acceptors (Lipinski definition) is 4. The van der Waals surface area contributed by atoms with Gasteiger partial charge in [-0.05, 0) is 47.2 Å². The second kappa shape index (κ2) is 7.59. The van der Waals surface area contributed by atoms with Gasteiger partial charge in [-0.2, -0.15) is 4.98 Å². The number of aryl methyl sites for hydroxylation is 1. The minimum absolute atomic E-state index is 0.161. The fourth-order valence-electron chi connectivity index (χ4n) is 3.99. The van der Waals surface area contributed by atoms with E-state index in [0.29, 0.717) is 17.0 Å². The molecule has 3 heterocycles. The zero-order valence-corrected chi connectivity index (χ0v) is 16.8. The zero-order chi connectivity index (χ0) is 20.5. The van der Waals surface area contributed by atoms with Crippen LogP contribution in [0.2, 0.25) is 0 Å². The van der Waals surface area contributed by atoms with E-state index in [0.717, 1.165) is 30.6 Å². The number of nitrogens with zero attached hydrogens (tertiary/aromatic N) is 3. The van der Waals surface area contributed by atoms with Crippen molar-refractivity contribution in [2.75, 3.05) is 11.4 Å². The molecule has 30 heavy (non-hydrogen) atoms. The zero-order valence-electron chi connectivity index (χ0n) is 16.8. The predicted molar refractivity (Wildman–Crippen MR) is 121 cm³/mol. The van der Waals surface area contributed by atoms with Gasteiger partial charge >= 0.3 is 0 Å². The molecule has 2 aromatic carbocycles. The molecule has 0 saturated heterocycles. The molecular formula is C25H22N4O. The van der Waals surface area contributed by atoms with E-state index in [-0.39, 0.29) is 5.56 Å². The van der Waals surface area contributed by atoms with E-state index in [1.54, 1.807) is 6.20 Å². The number of nitrogens with one attached hydrogen (secondary N) is 1. The summed E-state index contributed by atoms with van der Waals surface area (Å²) in [6.45, 7) is 3.62. The van der Waals surface area contributed by atoms with Crippen LogP contribution in [0.1, 0.15) is 27.8 Å². The maximum absolute atomic E-state index is 13.0. The molecule has 0 unspecified atom stereocenters. The summed E-state index contributed by atoms with van der Waals surface area (Å²) in [5.41, 5.74) is 6.06. The van der Waals surface area contributed by atoms with Gasteiger partial charge in [-0.15, -0.1) is 0 Å². The first-order valence-corrected chi connectivity index (χ1v) is 10.1. The van der Waals surface area contributed by atoms with Gasteiger partial charge in [0.25, 0.3) is 5.56 Å². The number of rotatable bonds is 3. The molecule has 5 heteroatoms. The minimum atomic E-state index is -0.161. The maximum Gasteiger partial charge on any atom is 0.262 e. The summed E-state index contributed by atoms with van der Waals surface area (Å²) in [4.78, 5) is 27.2. The standard InChI is InChI=1S/C25H22N4O/c1-17-6-2-3-7-18(17)10-11-20-12-14-26-23-22(20)24(30)28-25(27-23)29-15-13-19-8-4-5-9-21(19)16-29/h2-12,14H,13,15-16H2,1H3,(H,26,27,28,30)/b11-10+. The number of H-pyrrole nitrogens is 1. The molecule has 1 N–H and O–H groups in total. The molecule has 5 nitrogen and oxygen atoms in total. The van der Waals surface area contributed by atoms with Crippen LogP contribution < -0.4 is 10.5 Å². The summed E-state index contributed by atoms with van der Waals surface area (Å²) in [5, 5.41) is 0.517. The quantitative estimate of drug-likeness (QED) is 0.561. The van der Waals surface area contributed by atoms with Crippen LogP contribution in [0.3, 0.4) is 0 Å². The first-order valence-electron chi connectivity index (χ1n) is 10.1. The Labute approximate surface area is 174 Å². The summed E-state index contributed by atoms with van der Waals surface area (Å²) < 4.78 is 0. The Morgan fingerprint density at radius 2 is 1.73 bits per heavy atom. The monoisotopic (exact) mass is 394 g/mol. The maximum atomic E-state index is 13.0. The van der Waals surface area contributed by atoms with E-state index in [4.69, 9.17) is 4.98 Å². The van der Waals surface area contributed by atoms with Crippen molar-refractivity contribution in [3.63, 3.8) is 0 Å². The Kier molecular flexibility index (Phi) is 4.64. The third kappa shape index (κ3) is 3.39. The molecule has 1 aliphatic rings. The fourth-order valence-corrected chi connectivity index (χ4v) is 3.99. The Balaban J connectivity index is 1.52. The molecular weight excluding hydrogens is 372 g/mol. The number of aromatic amines is 1. The topological polar surface area (TPSA) is 61.9 Å². The van der Waals surface area contributed by atoms with Crippen LogP contribution in [0.15, 0.2) is 65.6 Å². The third-order valence-electron chi connectivity index (χ3n) is 5.69. The van der Waals surface area contributed by atoms with Gasteiger partial charge < -0.3 is 4.90 Å². The third-order valence-corrected chi connectivity index (χ3v) is 5.69. The molecule has 4 aromatic rings. The Morgan fingerprint density at radius 3 is 2.60 bits per heavy atom. The van der Waals surface area contributed by atoms with Crippen LogP contribution >= 0.6 is 0 Å². The molecule has 0 radical (unpaired) electrons. The van der Waals surface area contributed by atoms with Crippen LogP contribution in [0.4, 0.5) is 5.95 Å². The SMILES string of the molecule is Cc1ccccc1/C=C/c1ccnc2nc(N3CCc4ccccc4C3)[nH]c(=O)c12. The number of hydrogen-bond donors (Lipinski definition) is 1. The van der Waals surface area contributed by atoms with Crippen molar-refractivity contribution in [2.45, 2.75) is 19.9 Å². The summed E-state index contributed by atoms with van der Waals surface area (Å²) in [6.07, 6.45) is 6.63. The van der Waals surface area contributed by atoms with Gasteiger partial charge in [-0.3, -0.25) is 9.78 Å². The lowest BCUT2D eigenvalue weighted by molar-refractivity contribution is 0.708. The fraction of sp³-hybridized carbons (Fsp3) is 0.160. The highest BCUT2D eigenvalue weighted by Gasteiger charge is 2.19. The molecule has 0 spiro atoms. The molecule has 0 bridgehead atoms. The van der Waals surface area contributed by atoms with E-state index in [2.05, 4.69) is 52.1 Å². The highest BCUT2D eigenvalue weighted by Crippen LogP contribution is 2.23. The lowest BCUT2D eigenvalue weighted by atomic mass is 10.0. The minimum Gasteiger partial charge on any atom is -0.338 e. The number of benzene rings is 2. The van der Waals surface area contributed by atoms with Crippen molar-refractivity contribution in [1.29, 1.82) is 0 Å². The van der Waals surface area contributed by atoms with E-state index >= 15 is 0 Å². The number of anilines is 1. The normalized spacial score (nSPS) is 13.7. The van der Waals surface area contributed by atoms with Crippen molar-refractivity contribution >= 4 is 29.1 Å². The van der Waals surface area contributed by atoms with Crippen molar-refractivity contribution in [3.05, 3.63) is 99.0 Å². The molecule has 0 atom stereocenters. The van der Waals surface area contributed by atoms with Crippen molar-refractivity contribution < 1.29 is 0 Å². The van der Waals surface area contributed by atoms with Gasteiger partial charge in [0.05, 0.1) is 5.39 Å². The van der Waals surface area contributed by atoms with Gasteiger partial charge in [0, 0.05) is 19.3 Å². The molecule has 0 amide bonds. The van der Waals surface area contributed by atoms with E-state index in [9.17, 15) is 4.79 Å². The van der Waals surface area contributed by atoms with Crippen molar-refractivity contribution in [2.24, 2.45) is 0 Å². The van der Waals surface area contributed by atoms with Gasteiger partial charge in [-0.25, -0.2) is 4.98 Å².